The topological polar surface area (TPSA) is 38.4 Å². The lowest BCUT2D eigenvalue weighted by Gasteiger charge is -2.07. The van der Waals surface area contributed by atoms with Crippen molar-refractivity contribution < 1.29 is 13.2 Å². The molecule has 2 nitrogen and oxygen atoms in total. The van der Waals surface area contributed by atoms with Gasteiger partial charge in [-0.25, -0.2) is 4.99 Å². The Morgan fingerprint density at radius 2 is 2.00 bits per heavy atom. The number of nitrogens with zero attached hydrogens (tertiary/aromatic N) is 1. The Labute approximate surface area is 99.9 Å². The van der Waals surface area contributed by atoms with Gasteiger partial charge < -0.3 is 5.73 Å². The molecule has 0 saturated heterocycles. The first-order valence-corrected chi connectivity index (χ1v) is 5.01. The number of hydrogen-bond acceptors (Lipinski definition) is 1. The Morgan fingerprint density at radius 1 is 1.38 bits per heavy atom. The molecule has 0 aliphatic carbocycles. The number of hydrogen-bond donors (Lipinski definition) is 1. The molecule has 0 spiro atoms. The summed E-state index contributed by atoms with van der Waals surface area (Å²) in [6, 6.07) is 2.82. The third-order valence-electron chi connectivity index (χ3n) is 1.68. The van der Waals surface area contributed by atoms with E-state index in [1.807, 2.05) is 0 Å². The Kier molecular flexibility index (Phi) is 4.04. The average Bonchev–Trinajstić information content (AvgIpc) is 2.19. The van der Waals surface area contributed by atoms with Gasteiger partial charge in [-0.3, -0.25) is 0 Å². The van der Waals surface area contributed by atoms with Crippen LogP contribution in [0, 0.1) is 0 Å². The summed E-state index contributed by atoms with van der Waals surface area (Å²) in [6.45, 7) is 0. The van der Waals surface area contributed by atoms with Crippen LogP contribution in [-0.2, 0) is 6.18 Å². The van der Waals surface area contributed by atoms with Crippen LogP contribution in [0.4, 0.5) is 18.9 Å². The first-order chi connectivity index (χ1) is 7.34. The molecule has 0 aliphatic heterocycles. The van der Waals surface area contributed by atoms with Gasteiger partial charge in [-0.05, 0) is 18.2 Å². The van der Waals surface area contributed by atoms with Gasteiger partial charge in [-0.1, -0.05) is 11.6 Å². The second-order valence-electron chi connectivity index (χ2n) is 2.90. The molecule has 2 N–H and O–H groups in total. The molecule has 7 heteroatoms. The molecule has 0 atom stereocenters. The summed E-state index contributed by atoms with van der Waals surface area (Å²) in [6.07, 6.45) is -4.43. The first kappa shape index (κ1) is 13.1. The quantitative estimate of drug-likeness (QED) is 0.498. The summed E-state index contributed by atoms with van der Waals surface area (Å²) in [4.78, 5) is 3.76. The van der Waals surface area contributed by atoms with E-state index in [-0.39, 0.29) is 22.4 Å². The van der Waals surface area contributed by atoms with Crippen molar-refractivity contribution in [3.8, 4) is 0 Å². The highest BCUT2D eigenvalue weighted by atomic mass is 35.5. The van der Waals surface area contributed by atoms with Gasteiger partial charge in [0.1, 0.15) is 5.84 Å². The van der Waals surface area contributed by atoms with Crippen LogP contribution in [-0.4, -0.2) is 11.7 Å². The van der Waals surface area contributed by atoms with Crippen LogP contribution in [0.3, 0.4) is 0 Å². The monoisotopic (exact) mass is 270 g/mol. The molecule has 1 aromatic rings. The molecule has 16 heavy (non-hydrogen) atoms. The first-order valence-electron chi connectivity index (χ1n) is 4.10. The molecule has 0 fully saturated rings. The number of aliphatic imine (C=N–C) groups is 1. The summed E-state index contributed by atoms with van der Waals surface area (Å²) < 4.78 is 36.9. The summed E-state index contributed by atoms with van der Waals surface area (Å²) in [5.74, 6) is 0.0699. The van der Waals surface area contributed by atoms with Crippen LogP contribution in [0.2, 0.25) is 5.02 Å². The molecule has 0 bridgehead atoms. The second-order valence-corrected chi connectivity index (χ2v) is 3.58. The molecule has 0 radical (unpaired) electrons. The molecule has 0 heterocycles. The highest BCUT2D eigenvalue weighted by Crippen LogP contribution is 2.34. The lowest BCUT2D eigenvalue weighted by Crippen LogP contribution is -2.12. The van der Waals surface area contributed by atoms with Crippen molar-refractivity contribution in [1.82, 2.24) is 0 Å². The molecule has 0 unspecified atom stereocenters. The van der Waals surface area contributed by atoms with Crippen LogP contribution in [0.25, 0.3) is 0 Å². The summed E-state index contributed by atoms with van der Waals surface area (Å²) in [5.41, 5.74) is 4.66. The maximum absolute atomic E-state index is 12.3. The van der Waals surface area contributed by atoms with Gasteiger partial charge in [0, 0.05) is 0 Å². The average molecular weight is 271 g/mol. The van der Waals surface area contributed by atoms with Crippen LogP contribution in [0.5, 0.6) is 0 Å². The Bertz CT molecular complexity index is 416. The fourth-order valence-electron chi connectivity index (χ4n) is 0.958. The number of halogens is 5. The zero-order valence-corrected chi connectivity index (χ0v) is 9.37. The van der Waals surface area contributed by atoms with E-state index in [4.69, 9.17) is 28.9 Å². The molecule has 0 amide bonds. The molecule has 0 saturated carbocycles. The highest BCUT2D eigenvalue weighted by Gasteiger charge is 2.30. The number of nitrogens with two attached hydrogens (primary N) is 1. The number of alkyl halides is 4. The van der Waals surface area contributed by atoms with Gasteiger partial charge in [-0.2, -0.15) is 13.2 Å². The zero-order chi connectivity index (χ0) is 12.3. The fraction of sp³-hybridized carbons (Fsp3) is 0.222. The van der Waals surface area contributed by atoms with Crippen molar-refractivity contribution in [3.05, 3.63) is 28.8 Å². The van der Waals surface area contributed by atoms with Crippen molar-refractivity contribution in [1.29, 1.82) is 0 Å². The van der Waals surface area contributed by atoms with Crippen LogP contribution >= 0.6 is 23.2 Å². The number of rotatable bonds is 2. The van der Waals surface area contributed by atoms with Gasteiger partial charge in [-0.15, -0.1) is 11.6 Å². The fourth-order valence-corrected chi connectivity index (χ4v) is 1.24. The highest BCUT2D eigenvalue weighted by molar-refractivity contribution is 6.33. The summed E-state index contributed by atoms with van der Waals surface area (Å²) in [7, 11) is 0. The largest absolute Gasteiger partial charge is 0.416 e. The second kappa shape index (κ2) is 4.93. The van der Waals surface area contributed by atoms with Gasteiger partial charge in [0.2, 0.25) is 0 Å². The van der Waals surface area contributed by atoms with E-state index in [0.29, 0.717) is 0 Å². The van der Waals surface area contributed by atoms with E-state index in [1.54, 1.807) is 0 Å². The molecule has 88 valence electrons. The van der Waals surface area contributed by atoms with Crippen LogP contribution < -0.4 is 5.73 Å². The molecular weight excluding hydrogens is 264 g/mol. The molecule has 0 aliphatic rings. The molecular formula is C9H7Cl2F3N2. The maximum atomic E-state index is 12.3. The van der Waals surface area contributed by atoms with Crippen LogP contribution in [0.1, 0.15) is 5.56 Å². The van der Waals surface area contributed by atoms with E-state index < -0.39 is 11.7 Å². The minimum atomic E-state index is -4.43. The standard InChI is InChI=1S/C9H7Cl2F3N2/c10-4-8(15)16-7-2-1-5(3-6(7)11)9(12,13)14/h1-3H,4H2,(H2,15,16). The van der Waals surface area contributed by atoms with Gasteiger partial charge >= 0.3 is 6.18 Å². The predicted octanol–water partition coefficient (Wildman–Crippen LogP) is 3.59. The van der Waals surface area contributed by atoms with E-state index >= 15 is 0 Å². The van der Waals surface area contributed by atoms with E-state index in [2.05, 4.69) is 4.99 Å². The van der Waals surface area contributed by atoms with E-state index in [1.165, 1.54) is 0 Å². The third kappa shape index (κ3) is 3.28. The van der Waals surface area contributed by atoms with Crippen molar-refractivity contribution in [3.63, 3.8) is 0 Å². The lowest BCUT2D eigenvalue weighted by molar-refractivity contribution is -0.137. The SMILES string of the molecule is NC(CCl)=Nc1ccc(C(F)(F)F)cc1Cl. The van der Waals surface area contributed by atoms with Gasteiger partial charge in [0.15, 0.2) is 0 Å². The number of amidine groups is 1. The molecule has 1 rings (SSSR count). The third-order valence-corrected chi connectivity index (χ3v) is 2.25. The van der Waals surface area contributed by atoms with E-state index in [0.717, 1.165) is 18.2 Å². The molecule has 0 aromatic heterocycles. The Hall–Kier alpha value is -0.940. The lowest BCUT2D eigenvalue weighted by atomic mass is 10.2. The Balaban J connectivity index is 3.10. The minimum absolute atomic E-state index is 0.0165. The normalized spacial score (nSPS) is 12.9. The van der Waals surface area contributed by atoms with Gasteiger partial charge in [0.25, 0.3) is 0 Å². The van der Waals surface area contributed by atoms with Gasteiger partial charge in [0.05, 0.1) is 22.2 Å². The zero-order valence-electron chi connectivity index (χ0n) is 7.85. The minimum Gasteiger partial charge on any atom is -0.386 e. The summed E-state index contributed by atoms with van der Waals surface area (Å²) >= 11 is 11.0. The van der Waals surface area contributed by atoms with E-state index in [9.17, 15) is 13.2 Å². The summed E-state index contributed by atoms with van der Waals surface area (Å²) in [5, 5.41) is -0.122. The van der Waals surface area contributed by atoms with Crippen molar-refractivity contribution in [2.45, 2.75) is 6.18 Å². The maximum Gasteiger partial charge on any atom is 0.416 e. The Morgan fingerprint density at radius 3 is 2.44 bits per heavy atom. The molecule has 1 aromatic carbocycles. The van der Waals surface area contributed by atoms with Crippen molar-refractivity contribution in [2.75, 3.05) is 5.88 Å². The van der Waals surface area contributed by atoms with Crippen molar-refractivity contribution in [2.24, 2.45) is 10.7 Å². The van der Waals surface area contributed by atoms with Crippen molar-refractivity contribution >= 4 is 34.7 Å². The predicted molar refractivity (Wildman–Crippen MR) is 58.5 cm³/mol. The van der Waals surface area contributed by atoms with Crippen LogP contribution in [0.15, 0.2) is 23.2 Å². The smallest absolute Gasteiger partial charge is 0.386 e. The number of benzene rings is 1.